The number of nitrogens with zero attached hydrogens (tertiary/aromatic N) is 3. The highest BCUT2D eigenvalue weighted by molar-refractivity contribution is 5.91. The molecule has 3 aromatic rings. The first-order chi connectivity index (χ1) is 16.8. The zero-order chi connectivity index (χ0) is 24.4. The minimum Gasteiger partial charge on any atom is -0.454 e. The molecule has 2 bridgehead atoms. The highest BCUT2D eigenvalue weighted by Crippen LogP contribution is 2.56. The Hall–Kier alpha value is -3.60. The molecule has 0 amide bonds. The fourth-order valence-electron chi connectivity index (χ4n) is 6.27. The number of esters is 1. The number of carbonyl (C=O) groups excluding carboxylic acids is 1. The van der Waals surface area contributed by atoms with E-state index in [2.05, 4.69) is 30.2 Å². The topological polar surface area (TPSA) is 113 Å². The third kappa shape index (κ3) is 3.53. The molecular weight excluding hydrogens is 442 g/mol. The van der Waals surface area contributed by atoms with Crippen molar-refractivity contribution in [2.24, 2.45) is 17.3 Å². The second kappa shape index (κ2) is 7.70. The van der Waals surface area contributed by atoms with Gasteiger partial charge in [0.05, 0.1) is 30.0 Å². The summed E-state index contributed by atoms with van der Waals surface area (Å²) < 4.78 is 7.81. The van der Waals surface area contributed by atoms with Crippen LogP contribution in [0.1, 0.15) is 64.0 Å². The molecule has 3 atom stereocenters. The van der Waals surface area contributed by atoms with Crippen LogP contribution in [0.4, 0.5) is 11.5 Å². The van der Waals surface area contributed by atoms with Crippen molar-refractivity contribution in [3.8, 4) is 6.07 Å². The minimum absolute atomic E-state index is 0.0210. The predicted octanol–water partition coefficient (Wildman–Crippen LogP) is 4.91. The Morgan fingerprint density at radius 1 is 1.23 bits per heavy atom. The summed E-state index contributed by atoms with van der Waals surface area (Å²) in [6.45, 7) is 4.31. The summed E-state index contributed by atoms with van der Waals surface area (Å²) in [5, 5.41) is 17.9. The summed E-state index contributed by atoms with van der Waals surface area (Å²) in [5.74, 6) is 0.781. The van der Waals surface area contributed by atoms with Gasteiger partial charge in [0, 0.05) is 11.9 Å². The molecule has 4 aliphatic rings. The van der Waals surface area contributed by atoms with Crippen molar-refractivity contribution in [1.29, 1.82) is 5.26 Å². The quantitative estimate of drug-likeness (QED) is 0.494. The predicted molar refractivity (Wildman–Crippen MR) is 131 cm³/mol. The maximum absolute atomic E-state index is 12.7. The van der Waals surface area contributed by atoms with Crippen LogP contribution >= 0.6 is 0 Å². The molecule has 7 rings (SSSR count). The third-order valence-corrected chi connectivity index (χ3v) is 8.19. The fraction of sp³-hybridized carbons (Fsp3) is 0.481. The SMILES string of the molecule is CC1(C)CC2(c3ccc(Nc4nn(C(CC#N)C5CC5)c5cc[nH]c(=O)c45)cc3)CCC1C(=O)O2. The van der Waals surface area contributed by atoms with E-state index in [4.69, 9.17) is 9.84 Å². The number of ether oxygens (including phenoxy) is 1. The van der Waals surface area contributed by atoms with Gasteiger partial charge in [-0.05, 0) is 67.2 Å². The van der Waals surface area contributed by atoms with Gasteiger partial charge in [-0.15, -0.1) is 0 Å². The van der Waals surface area contributed by atoms with Crippen molar-refractivity contribution in [3.63, 3.8) is 0 Å². The van der Waals surface area contributed by atoms with E-state index in [9.17, 15) is 14.9 Å². The number of H-pyrrole nitrogens is 1. The van der Waals surface area contributed by atoms with Gasteiger partial charge in [0.2, 0.25) is 0 Å². The molecule has 2 aliphatic carbocycles. The van der Waals surface area contributed by atoms with Gasteiger partial charge in [-0.25, -0.2) is 0 Å². The van der Waals surface area contributed by atoms with E-state index < -0.39 is 5.60 Å². The van der Waals surface area contributed by atoms with Crippen molar-refractivity contribution in [2.45, 2.75) is 64.0 Å². The van der Waals surface area contributed by atoms with Gasteiger partial charge in [-0.3, -0.25) is 14.3 Å². The summed E-state index contributed by atoms with van der Waals surface area (Å²) in [4.78, 5) is 28.1. The molecule has 2 aromatic heterocycles. The number of benzene rings is 1. The van der Waals surface area contributed by atoms with Gasteiger partial charge in [0.25, 0.3) is 5.56 Å². The van der Waals surface area contributed by atoms with Gasteiger partial charge >= 0.3 is 5.97 Å². The number of hydrogen-bond donors (Lipinski definition) is 2. The molecule has 0 radical (unpaired) electrons. The summed E-state index contributed by atoms with van der Waals surface area (Å²) in [6.07, 6.45) is 6.64. The van der Waals surface area contributed by atoms with Crippen LogP contribution in [0, 0.1) is 28.6 Å². The lowest BCUT2D eigenvalue weighted by Gasteiger charge is -2.53. The molecule has 2 saturated heterocycles. The van der Waals surface area contributed by atoms with Gasteiger partial charge in [0.15, 0.2) is 5.82 Å². The normalized spacial score (nSPS) is 25.7. The highest BCUT2D eigenvalue weighted by atomic mass is 16.6. The maximum Gasteiger partial charge on any atom is 0.310 e. The van der Waals surface area contributed by atoms with Gasteiger partial charge < -0.3 is 15.0 Å². The molecule has 2 N–H and O–H groups in total. The summed E-state index contributed by atoms with van der Waals surface area (Å²) in [5.41, 5.74) is 1.64. The number of carbonyl (C=O) groups is 1. The van der Waals surface area contributed by atoms with E-state index in [1.165, 1.54) is 0 Å². The number of hydrogen-bond acceptors (Lipinski definition) is 6. The average molecular weight is 472 g/mol. The van der Waals surface area contributed by atoms with Crippen LogP contribution in [-0.2, 0) is 15.1 Å². The van der Waals surface area contributed by atoms with Crippen LogP contribution in [0.15, 0.2) is 41.3 Å². The average Bonchev–Trinajstić information content (AvgIpc) is 3.59. The highest BCUT2D eigenvalue weighted by Gasteiger charge is 2.56. The molecule has 4 fully saturated rings. The van der Waals surface area contributed by atoms with Gasteiger partial charge in [-0.2, -0.15) is 10.4 Å². The number of anilines is 2. The number of fused-ring (bicyclic) bond motifs is 4. The van der Waals surface area contributed by atoms with Crippen molar-refractivity contribution >= 4 is 28.4 Å². The molecule has 8 nitrogen and oxygen atoms in total. The van der Waals surface area contributed by atoms with Gasteiger partial charge in [0.1, 0.15) is 11.0 Å². The van der Waals surface area contributed by atoms with Crippen molar-refractivity contribution in [2.75, 3.05) is 5.32 Å². The minimum atomic E-state index is -0.575. The zero-order valence-electron chi connectivity index (χ0n) is 20.0. The number of nitriles is 1. The van der Waals surface area contributed by atoms with Crippen LogP contribution in [0.3, 0.4) is 0 Å². The maximum atomic E-state index is 12.7. The van der Waals surface area contributed by atoms with Crippen LogP contribution in [-0.4, -0.2) is 20.7 Å². The lowest BCUT2D eigenvalue weighted by atomic mass is 9.59. The lowest BCUT2D eigenvalue weighted by Crippen LogP contribution is -2.54. The Morgan fingerprint density at radius 3 is 2.66 bits per heavy atom. The molecule has 8 heteroatoms. The van der Waals surface area contributed by atoms with E-state index in [1.54, 1.807) is 6.20 Å². The van der Waals surface area contributed by atoms with E-state index in [0.29, 0.717) is 23.5 Å². The van der Waals surface area contributed by atoms with E-state index >= 15 is 0 Å². The first-order valence-corrected chi connectivity index (χ1v) is 12.4. The number of aromatic nitrogens is 3. The Morgan fingerprint density at radius 2 is 2.00 bits per heavy atom. The molecular formula is C27H29N5O3. The molecule has 0 spiro atoms. The van der Waals surface area contributed by atoms with Crippen molar-refractivity contribution < 1.29 is 9.53 Å². The van der Waals surface area contributed by atoms with Crippen molar-refractivity contribution in [3.05, 3.63) is 52.4 Å². The van der Waals surface area contributed by atoms with Crippen LogP contribution < -0.4 is 10.9 Å². The smallest absolute Gasteiger partial charge is 0.310 e. The largest absolute Gasteiger partial charge is 0.454 e. The number of rotatable bonds is 6. The molecule has 180 valence electrons. The first kappa shape index (κ1) is 21.9. The molecule has 2 aliphatic heterocycles. The Bertz CT molecular complexity index is 1410. The lowest BCUT2D eigenvalue weighted by molar-refractivity contribution is -0.209. The molecule has 3 unspecified atom stereocenters. The molecule has 4 heterocycles. The fourth-order valence-corrected chi connectivity index (χ4v) is 6.27. The first-order valence-electron chi connectivity index (χ1n) is 12.4. The van der Waals surface area contributed by atoms with Crippen LogP contribution in [0.5, 0.6) is 0 Å². The zero-order valence-corrected chi connectivity index (χ0v) is 20.0. The standard InChI is InChI=1S/C27H29N5O3/c1-26(2)15-27(12-9-19(26)25(34)35-27)17-5-7-18(8-6-17)30-23-22-21(11-14-29-24(22)33)32(31-23)20(10-13-28)16-3-4-16/h5-8,11,14,16,19-20H,3-4,9-10,12,15H2,1-2H3,(H,29,33)(H,30,31). The Kier molecular flexibility index (Phi) is 4.82. The van der Waals surface area contributed by atoms with Crippen LogP contribution in [0.25, 0.3) is 10.9 Å². The number of nitrogens with one attached hydrogen (secondary N) is 2. The Labute approximate surface area is 203 Å². The van der Waals surface area contributed by atoms with E-state index in [1.807, 2.05) is 35.0 Å². The summed E-state index contributed by atoms with van der Waals surface area (Å²) in [7, 11) is 0. The van der Waals surface area contributed by atoms with E-state index in [-0.39, 0.29) is 28.9 Å². The molecule has 2 saturated carbocycles. The summed E-state index contributed by atoms with van der Waals surface area (Å²) in [6, 6.07) is 12.0. The monoisotopic (exact) mass is 471 g/mol. The third-order valence-electron chi connectivity index (χ3n) is 8.19. The Balaban J connectivity index is 1.33. The van der Waals surface area contributed by atoms with Crippen LogP contribution in [0.2, 0.25) is 0 Å². The van der Waals surface area contributed by atoms with Gasteiger partial charge in [-0.1, -0.05) is 26.0 Å². The second-order valence-corrected chi connectivity index (χ2v) is 11.0. The van der Waals surface area contributed by atoms with E-state index in [0.717, 1.165) is 48.9 Å². The second-order valence-electron chi connectivity index (χ2n) is 11.0. The summed E-state index contributed by atoms with van der Waals surface area (Å²) >= 11 is 0. The number of aromatic amines is 1. The van der Waals surface area contributed by atoms with Crippen molar-refractivity contribution in [1.82, 2.24) is 14.8 Å². The molecule has 1 aromatic carbocycles. The number of pyridine rings is 1. The molecule has 35 heavy (non-hydrogen) atoms.